The van der Waals surface area contributed by atoms with Gasteiger partial charge in [0.05, 0.1) is 5.69 Å². The van der Waals surface area contributed by atoms with Gasteiger partial charge in [0.25, 0.3) is 0 Å². The van der Waals surface area contributed by atoms with Crippen molar-refractivity contribution in [3.05, 3.63) is 102 Å². The summed E-state index contributed by atoms with van der Waals surface area (Å²) in [4.78, 5) is 4.99. The molecule has 0 amide bonds. The molecule has 122 valence electrons. The van der Waals surface area contributed by atoms with Crippen LogP contribution in [0.25, 0.3) is 22.4 Å². The summed E-state index contributed by atoms with van der Waals surface area (Å²) in [7, 11) is 0. The van der Waals surface area contributed by atoms with Crippen molar-refractivity contribution in [1.29, 1.82) is 0 Å². The molecule has 1 aliphatic carbocycles. The molecule has 0 radical (unpaired) electrons. The standard InChI is InChI=1S/C24H21N/c1-18-9-8-14-21(15-18)22-16-23(19-10-4-2-5-11-19)25-24(17-22)20-12-6-3-7-13-20/h2-12,14-17,20H,13H2,1H3. The first kappa shape index (κ1) is 15.6. The van der Waals surface area contributed by atoms with Gasteiger partial charge in [0.2, 0.25) is 0 Å². The Hall–Kier alpha value is -2.93. The second-order valence-corrected chi connectivity index (χ2v) is 6.56. The van der Waals surface area contributed by atoms with Gasteiger partial charge in [-0.2, -0.15) is 0 Å². The Labute approximate surface area is 149 Å². The lowest BCUT2D eigenvalue weighted by molar-refractivity contribution is 0.818. The molecular formula is C24H21N. The van der Waals surface area contributed by atoms with Crippen molar-refractivity contribution in [2.24, 2.45) is 0 Å². The number of aromatic nitrogens is 1. The summed E-state index contributed by atoms with van der Waals surface area (Å²) < 4.78 is 0. The highest BCUT2D eigenvalue weighted by Crippen LogP contribution is 2.31. The molecule has 1 aliphatic rings. The average molecular weight is 323 g/mol. The molecule has 25 heavy (non-hydrogen) atoms. The molecule has 1 heterocycles. The third kappa shape index (κ3) is 3.46. The number of nitrogens with zero attached hydrogens (tertiary/aromatic N) is 1. The van der Waals surface area contributed by atoms with Gasteiger partial charge in [-0.05, 0) is 36.6 Å². The molecule has 0 saturated heterocycles. The van der Waals surface area contributed by atoms with Gasteiger partial charge in [-0.1, -0.05) is 84.5 Å². The predicted molar refractivity (Wildman–Crippen MR) is 105 cm³/mol. The summed E-state index contributed by atoms with van der Waals surface area (Å²) in [5.41, 5.74) is 7.09. The van der Waals surface area contributed by atoms with Gasteiger partial charge < -0.3 is 0 Å². The highest BCUT2D eigenvalue weighted by molar-refractivity contribution is 5.71. The lowest BCUT2D eigenvalue weighted by Gasteiger charge is -2.16. The van der Waals surface area contributed by atoms with Crippen LogP contribution in [0.4, 0.5) is 0 Å². The van der Waals surface area contributed by atoms with Crippen molar-refractivity contribution in [1.82, 2.24) is 4.98 Å². The van der Waals surface area contributed by atoms with E-state index in [9.17, 15) is 0 Å². The molecule has 1 aromatic heterocycles. The molecule has 0 saturated carbocycles. The van der Waals surface area contributed by atoms with Gasteiger partial charge in [0, 0.05) is 17.2 Å². The Bertz CT molecular complexity index is 935. The fourth-order valence-electron chi connectivity index (χ4n) is 3.29. The van der Waals surface area contributed by atoms with Gasteiger partial charge in [0.15, 0.2) is 0 Å². The molecule has 0 aliphatic heterocycles. The fourth-order valence-corrected chi connectivity index (χ4v) is 3.29. The topological polar surface area (TPSA) is 12.9 Å². The summed E-state index contributed by atoms with van der Waals surface area (Å²) in [6.07, 6.45) is 9.70. The Morgan fingerprint density at radius 1 is 0.800 bits per heavy atom. The summed E-state index contributed by atoms with van der Waals surface area (Å²) in [5, 5.41) is 0. The number of hydrogen-bond donors (Lipinski definition) is 0. The molecule has 0 fully saturated rings. The second-order valence-electron chi connectivity index (χ2n) is 6.56. The zero-order valence-electron chi connectivity index (χ0n) is 14.4. The van der Waals surface area contributed by atoms with Crippen LogP contribution in [0.15, 0.2) is 91.0 Å². The minimum Gasteiger partial charge on any atom is -0.252 e. The number of hydrogen-bond acceptors (Lipinski definition) is 1. The van der Waals surface area contributed by atoms with Crippen LogP contribution in [0, 0.1) is 6.92 Å². The van der Waals surface area contributed by atoms with Crippen molar-refractivity contribution in [3.8, 4) is 22.4 Å². The van der Waals surface area contributed by atoms with Crippen LogP contribution < -0.4 is 0 Å². The number of pyridine rings is 1. The van der Waals surface area contributed by atoms with Crippen molar-refractivity contribution >= 4 is 0 Å². The highest BCUT2D eigenvalue weighted by Gasteiger charge is 2.14. The van der Waals surface area contributed by atoms with Crippen LogP contribution in [0.1, 0.15) is 23.6 Å². The molecule has 4 rings (SSSR count). The Morgan fingerprint density at radius 2 is 1.64 bits per heavy atom. The Kier molecular flexibility index (Phi) is 4.30. The van der Waals surface area contributed by atoms with Crippen molar-refractivity contribution in [3.63, 3.8) is 0 Å². The van der Waals surface area contributed by atoms with E-state index in [1.807, 2.05) is 6.07 Å². The first-order valence-electron chi connectivity index (χ1n) is 8.77. The minimum atomic E-state index is 0.345. The first-order valence-corrected chi connectivity index (χ1v) is 8.77. The van der Waals surface area contributed by atoms with E-state index in [4.69, 9.17) is 4.98 Å². The van der Waals surface area contributed by atoms with E-state index in [-0.39, 0.29) is 0 Å². The molecule has 1 atom stereocenters. The van der Waals surface area contributed by atoms with Crippen LogP contribution in [-0.4, -0.2) is 4.98 Å². The van der Waals surface area contributed by atoms with E-state index in [0.717, 1.165) is 23.4 Å². The number of aryl methyl sites for hydroxylation is 1. The highest BCUT2D eigenvalue weighted by atomic mass is 14.7. The van der Waals surface area contributed by atoms with Crippen molar-refractivity contribution in [2.45, 2.75) is 19.3 Å². The molecule has 1 heteroatoms. The molecular weight excluding hydrogens is 302 g/mol. The van der Waals surface area contributed by atoms with E-state index >= 15 is 0 Å². The summed E-state index contributed by atoms with van der Waals surface area (Å²) >= 11 is 0. The van der Waals surface area contributed by atoms with Crippen LogP contribution in [-0.2, 0) is 0 Å². The van der Waals surface area contributed by atoms with Gasteiger partial charge in [-0.15, -0.1) is 0 Å². The number of rotatable bonds is 3. The second kappa shape index (κ2) is 6.90. The van der Waals surface area contributed by atoms with Crippen LogP contribution in [0.3, 0.4) is 0 Å². The maximum atomic E-state index is 4.99. The largest absolute Gasteiger partial charge is 0.252 e. The molecule has 1 unspecified atom stereocenters. The smallest absolute Gasteiger partial charge is 0.0711 e. The van der Waals surface area contributed by atoms with E-state index in [2.05, 4.69) is 91.9 Å². The van der Waals surface area contributed by atoms with Crippen LogP contribution in [0.2, 0.25) is 0 Å². The fraction of sp³-hybridized carbons (Fsp3) is 0.125. The van der Waals surface area contributed by atoms with Crippen LogP contribution >= 0.6 is 0 Å². The van der Waals surface area contributed by atoms with Crippen molar-refractivity contribution in [2.75, 3.05) is 0 Å². The zero-order valence-corrected chi connectivity index (χ0v) is 14.4. The first-order chi connectivity index (χ1) is 12.3. The third-order valence-electron chi connectivity index (χ3n) is 4.63. The Morgan fingerprint density at radius 3 is 2.40 bits per heavy atom. The van der Waals surface area contributed by atoms with Gasteiger partial charge in [-0.25, -0.2) is 0 Å². The van der Waals surface area contributed by atoms with E-state index in [0.29, 0.717) is 5.92 Å². The monoisotopic (exact) mass is 323 g/mol. The normalized spacial score (nSPS) is 16.1. The third-order valence-corrected chi connectivity index (χ3v) is 4.63. The van der Waals surface area contributed by atoms with E-state index < -0.39 is 0 Å². The van der Waals surface area contributed by atoms with Crippen molar-refractivity contribution < 1.29 is 0 Å². The zero-order chi connectivity index (χ0) is 17.1. The predicted octanol–water partition coefficient (Wildman–Crippen LogP) is 6.32. The van der Waals surface area contributed by atoms with Crippen LogP contribution in [0.5, 0.6) is 0 Å². The van der Waals surface area contributed by atoms with Gasteiger partial charge >= 0.3 is 0 Å². The van der Waals surface area contributed by atoms with E-state index in [1.54, 1.807) is 0 Å². The summed E-state index contributed by atoms with van der Waals surface area (Å²) in [6, 6.07) is 23.6. The van der Waals surface area contributed by atoms with Gasteiger partial charge in [-0.3, -0.25) is 4.98 Å². The number of allylic oxidation sites excluding steroid dienone is 4. The Balaban J connectivity index is 1.86. The maximum absolute atomic E-state index is 4.99. The van der Waals surface area contributed by atoms with Gasteiger partial charge in [0.1, 0.15) is 0 Å². The molecule has 0 bridgehead atoms. The summed E-state index contributed by atoms with van der Waals surface area (Å²) in [6.45, 7) is 2.14. The minimum absolute atomic E-state index is 0.345. The SMILES string of the molecule is Cc1cccc(-c2cc(-c3ccccc3)nc(C3C=CC=CC3)c2)c1. The molecule has 2 aromatic carbocycles. The number of benzene rings is 2. The van der Waals surface area contributed by atoms with E-state index in [1.165, 1.54) is 16.7 Å². The quantitative estimate of drug-likeness (QED) is 0.549. The maximum Gasteiger partial charge on any atom is 0.0711 e. The molecule has 0 spiro atoms. The molecule has 3 aromatic rings. The lowest BCUT2D eigenvalue weighted by Crippen LogP contribution is -2.01. The average Bonchev–Trinajstić information content (AvgIpc) is 2.69. The molecule has 0 N–H and O–H groups in total. The summed E-state index contributed by atoms with van der Waals surface area (Å²) in [5.74, 6) is 0.345. The molecule has 1 nitrogen and oxygen atoms in total. The lowest BCUT2D eigenvalue weighted by atomic mass is 9.93.